The molecule has 0 bridgehead atoms. The highest BCUT2D eigenvalue weighted by Gasteiger charge is 2.27. The van der Waals surface area contributed by atoms with Crippen LogP contribution in [0, 0.1) is 0 Å². The number of sulfonamides is 1. The van der Waals surface area contributed by atoms with Gasteiger partial charge in [-0.05, 0) is 26.0 Å². The number of guanidine groups is 1. The van der Waals surface area contributed by atoms with E-state index >= 15 is 0 Å². The van der Waals surface area contributed by atoms with Crippen molar-refractivity contribution in [1.29, 1.82) is 0 Å². The van der Waals surface area contributed by atoms with E-state index in [1.165, 1.54) is 4.90 Å². The molecule has 158 valence electrons. The summed E-state index contributed by atoms with van der Waals surface area (Å²) >= 11 is 1.80. The van der Waals surface area contributed by atoms with Crippen LogP contribution in [0.5, 0.6) is 0 Å². The van der Waals surface area contributed by atoms with Gasteiger partial charge in [-0.1, -0.05) is 18.2 Å². The van der Waals surface area contributed by atoms with Crippen molar-refractivity contribution in [2.75, 3.05) is 57.9 Å². The van der Waals surface area contributed by atoms with Gasteiger partial charge in [0.25, 0.3) is 0 Å². The van der Waals surface area contributed by atoms with Crippen LogP contribution in [-0.4, -0.2) is 87.6 Å². The number of hydrogen-bond acceptors (Lipinski definition) is 5. The van der Waals surface area contributed by atoms with Crippen LogP contribution in [0.1, 0.15) is 13.8 Å². The Bertz CT molecular complexity index is 703. The summed E-state index contributed by atoms with van der Waals surface area (Å²) in [4.78, 5) is 7.71. The Morgan fingerprint density at radius 3 is 2.50 bits per heavy atom. The Morgan fingerprint density at radius 2 is 1.89 bits per heavy atom. The number of ether oxygens (including phenoxy) is 1. The van der Waals surface area contributed by atoms with Gasteiger partial charge in [0, 0.05) is 50.4 Å². The summed E-state index contributed by atoms with van der Waals surface area (Å²) in [7, 11) is -1.51. The predicted molar refractivity (Wildman–Crippen MR) is 117 cm³/mol. The Hall–Kier alpha value is -1.29. The molecule has 1 fully saturated rings. The van der Waals surface area contributed by atoms with Crippen molar-refractivity contribution in [3.63, 3.8) is 0 Å². The normalized spacial score (nSPS) is 16.6. The molecule has 0 amide bonds. The summed E-state index contributed by atoms with van der Waals surface area (Å²) in [5.41, 5.74) is 0. The van der Waals surface area contributed by atoms with Crippen LogP contribution in [0.4, 0.5) is 0 Å². The second-order valence-corrected chi connectivity index (χ2v) is 10.0. The van der Waals surface area contributed by atoms with E-state index in [0.29, 0.717) is 26.2 Å². The van der Waals surface area contributed by atoms with Crippen molar-refractivity contribution in [2.45, 2.75) is 24.8 Å². The van der Waals surface area contributed by atoms with Gasteiger partial charge in [-0.3, -0.25) is 4.99 Å². The highest BCUT2D eigenvalue weighted by Crippen LogP contribution is 2.16. The van der Waals surface area contributed by atoms with Gasteiger partial charge < -0.3 is 15.0 Å². The number of piperazine rings is 1. The number of aliphatic imine (C=N–C) groups is 1. The molecule has 9 heteroatoms. The molecule has 1 aliphatic heterocycles. The van der Waals surface area contributed by atoms with Crippen LogP contribution < -0.4 is 5.32 Å². The SMILES string of the molecule is CN=C(NCCSc1ccccc1)N1CCN(S(=O)(=O)CCOC(C)C)CC1. The lowest BCUT2D eigenvalue weighted by Crippen LogP contribution is -2.54. The molecule has 0 aliphatic carbocycles. The molecule has 1 aromatic carbocycles. The second-order valence-electron chi connectivity index (χ2n) is 6.76. The minimum Gasteiger partial charge on any atom is -0.378 e. The topological polar surface area (TPSA) is 74.2 Å². The van der Waals surface area contributed by atoms with Crippen molar-refractivity contribution >= 4 is 27.7 Å². The van der Waals surface area contributed by atoms with Crippen molar-refractivity contribution < 1.29 is 13.2 Å². The average Bonchev–Trinajstić information content (AvgIpc) is 2.68. The maximum atomic E-state index is 12.4. The maximum Gasteiger partial charge on any atom is 0.216 e. The van der Waals surface area contributed by atoms with Gasteiger partial charge in [0.05, 0.1) is 18.5 Å². The molecule has 0 saturated carbocycles. The highest BCUT2D eigenvalue weighted by molar-refractivity contribution is 7.99. The summed E-state index contributed by atoms with van der Waals surface area (Å²) in [5.74, 6) is 1.80. The minimum absolute atomic E-state index is 0.0366. The standard InChI is InChI=1S/C19H32N4O3S2/c1-17(2)26-14-16-28(24,25)23-12-10-22(11-13-23)19(20-3)21-9-15-27-18-7-5-4-6-8-18/h4-8,17H,9-16H2,1-3H3,(H,20,21). The molecule has 0 aromatic heterocycles. The smallest absolute Gasteiger partial charge is 0.216 e. The van der Waals surface area contributed by atoms with Gasteiger partial charge in [0.1, 0.15) is 0 Å². The third kappa shape index (κ3) is 7.62. The molecule has 0 radical (unpaired) electrons. The monoisotopic (exact) mass is 428 g/mol. The van der Waals surface area contributed by atoms with Gasteiger partial charge in [-0.2, -0.15) is 4.31 Å². The number of hydrogen-bond donors (Lipinski definition) is 1. The van der Waals surface area contributed by atoms with Gasteiger partial charge >= 0.3 is 0 Å². The van der Waals surface area contributed by atoms with E-state index in [1.54, 1.807) is 23.1 Å². The Labute approximate surface area is 173 Å². The molecular formula is C19H32N4O3S2. The van der Waals surface area contributed by atoms with Gasteiger partial charge in [-0.25, -0.2) is 8.42 Å². The summed E-state index contributed by atoms with van der Waals surface area (Å²) < 4.78 is 31.8. The summed E-state index contributed by atoms with van der Waals surface area (Å²) in [6, 6.07) is 10.3. The molecule has 7 nitrogen and oxygen atoms in total. The van der Waals surface area contributed by atoms with Gasteiger partial charge in [0.15, 0.2) is 5.96 Å². The minimum atomic E-state index is -3.27. The van der Waals surface area contributed by atoms with E-state index in [1.807, 2.05) is 32.0 Å². The van der Waals surface area contributed by atoms with Crippen LogP contribution in [-0.2, 0) is 14.8 Å². The third-order valence-electron chi connectivity index (χ3n) is 4.33. The molecule has 1 heterocycles. The van der Waals surface area contributed by atoms with Crippen molar-refractivity contribution in [1.82, 2.24) is 14.5 Å². The third-order valence-corrected chi connectivity index (χ3v) is 7.18. The zero-order valence-electron chi connectivity index (χ0n) is 17.0. The van der Waals surface area contributed by atoms with Crippen LogP contribution in [0.25, 0.3) is 0 Å². The molecule has 1 saturated heterocycles. The maximum absolute atomic E-state index is 12.4. The fourth-order valence-electron chi connectivity index (χ4n) is 2.88. The number of nitrogens with one attached hydrogen (secondary N) is 1. The first-order valence-electron chi connectivity index (χ1n) is 9.65. The molecule has 0 spiro atoms. The number of rotatable bonds is 9. The first-order valence-corrected chi connectivity index (χ1v) is 12.2. The lowest BCUT2D eigenvalue weighted by atomic mass is 10.4. The lowest BCUT2D eigenvalue weighted by molar-refractivity contribution is 0.0904. The Balaban J connectivity index is 1.72. The summed E-state index contributed by atoms with van der Waals surface area (Å²) in [5, 5.41) is 3.38. The van der Waals surface area contributed by atoms with Crippen LogP contribution in [0.2, 0.25) is 0 Å². The Morgan fingerprint density at radius 1 is 1.21 bits per heavy atom. The first-order chi connectivity index (χ1) is 13.4. The molecule has 28 heavy (non-hydrogen) atoms. The molecular weight excluding hydrogens is 396 g/mol. The van der Waals surface area contributed by atoms with Gasteiger partial charge in [0.2, 0.25) is 10.0 Å². The van der Waals surface area contributed by atoms with E-state index in [4.69, 9.17) is 4.74 Å². The van der Waals surface area contributed by atoms with E-state index < -0.39 is 10.0 Å². The van der Waals surface area contributed by atoms with E-state index in [9.17, 15) is 8.42 Å². The van der Waals surface area contributed by atoms with Gasteiger partial charge in [-0.15, -0.1) is 11.8 Å². The molecule has 0 atom stereocenters. The van der Waals surface area contributed by atoms with Crippen molar-refractivity contribution in [3.8, 4) is 0 Å². The number of thioether (sulfide) groups is 1. The molecule has 1 aliphatic rings. The number of nitrogens with zero attached hydrogens (tertiary/aromatic N) is 3. The van der Waals surface area contributed by atoms with Crippen molar-refractivity contribution in [2.24, 2.45) is 4.99 Å². The lowest BCUT2D eigenvalue weighted by Gasteiger charge is -2.35. The van der Waals surface area contributed by atoms with Crippen LogP contribution in [0.15, 0.2) is 40.2 Å². The van der Waals surface area contributed by atoms with Crippen LogP contribution in [0.3, 0.4) is 0 Å². The molecule has 0 unspecified atom stereocenters. The highest BCUT2D eigenvalue weighted by atomic mass is 32.2. The quantitative estimate of drug-likeness (QED) is 0.279. The van der Waals surface area contributed by atoms with E-state index in [0.717, 1.165) is 18.3 Å². The Kier molecular flexibility index (Phi) is 9.57. The van der Waals surface area contributed by atoms with Crippen LogP contribution >= 0.6 is 11.8 Å². The molecule has 1 N–H and O–H groups in total. The zero-order valence-corrected chi connectivity index (χ0v) is 18.6. The molecule has 2 rings (SSSR count). The second kappa shape index (κ2) is 11.6. The number of benzene rings is 1. The van der Waals surface area contributed by atoms with E-state index in [-0.39, 0.29) is 18.5 Å². The summed E-state index contributed by atoms with van der Waals surface area (Å²) in [6.07, 6.45) is 0.0431. The molecule has 1 aromatic rings. The average molecular weight is 429 g/mol. The summed E-state index contributed by atoms with van der Waals surface area (Å²) in [6.45, 7) is 7.07. The largest absolute Gasteiger partial charge is 0.378 e. The fourth-order valence-corrected chi connectivity index (χ4v) is 4.95. The van der Waals surface area contributed by atoms with Crippen molar-refractivity contribution in [3.05, 3.63) is 30.3 Å². The predicted octanol–water partition coefficient (Wildman–Crippen LogP) is 1.73. The van der Waals surface area contributed by atoms with E-state index in [2.05, 4.69) is 27.3 Å². The zero-order chi connectivity index (χ0) is 20.4. The fraction of sp³-hybridized carbons (Fsp3) is 0.632. The first kappa shape index (κ1) is 23.0.